The lowest BCUT2D eigenvalue weighted by molar-refractivity contribution is 0.000388. The maximum atomic E-state index is 11.6. The monoisotopic (exact) mass is 288 g/mol. The molecule has 9 heteroatoms. The van der Waals surface area contributed by atoms with Crippen LogP contribution in [0, 0.1) is 0 Å². The number of rotatable bonds is 4. The number of nitrogens with one attached hydrogen (secondary N) is 2. The summed E-state index contributed by atoms with van der Waals surface area (Å²) >= 11 is 0. The van der Waals surface area contributed by atoms with E-state index in [0.29, 0.717) is 13.2 Å². The maximum Gasteiger partial charge on any atom is 0.287 e. The van der Waals surface area contributed by atoms with Gasteiger partial charge in [-0.15, -0.1) is 0 Å². The van der Waals surface area contributed by atoms with Gasteiger partial charge in [-0.2, -0.15) is 4.31 Å². The highest BCUT2D eigenvalue weighted by molar-refractivity contribution is 7.88. The van der Waals surface area contributed by atoms with E-state index < -0.39 is 10.0 Å². The molecule has 1 aliphatic heterocycles. The van der Waals surface area contributed by atoms with Crippen molar-refractivity contribution in [2.75, 3.05) is 32.5 Å². The molecule has 1 aromatic heterocycles. The molecule has 1 fully saturated rings. The van der Waals surface area contributed by atoms with Gasteiger partial charge in [0.2, 0.25) is 10.0 Å². The Morgan fingerprint density at radius 1 is 1.68 bits per heavy atom. The van der Waals surface area contributed by atoms with Crippen LogP contribution in [0.25, 0.3) is 0 Å². The first-order valence-corrected chi connectivity index (χ1v) is 7.66. The lowest BCUT2D eigenvalue weighted by Crippen LogP contribution is -2.49. The molecule has 0 spiro atoms. The van der Waals surface area contributed by atoms with Crippen molar-refractivity contribution in [2.45, 2.75) is 6.10 Å². The summed E-state index contributed by atoms with van der Waals surface area (Å²) in [7, 11) is -3.22. The van der Waals surface area contributed by atoms with Crippen molar-refractivity contribution in [1.29, 1.82) is 0 Å². The summed E-state index contributed by atoms with van der Waals surface area (Å²) in [5.41, 5.74) is 0. The molecule has 1 aromatic rings. The van der Waals surface area contributed by atoms with E-state index in [1.807, 2.05) is 0 Å². The number of H-pyrrole nitrogens is 1. The Morgan fingerprint density at radius 2 is 2.47 bits per heavy atom. The number of ether oxygens (including phenoxy) is 1. The molecule has 1 saturated heterocycles. The van der Waals surface area contributed by atoms with E-state index in [1.165, 1.54) is 10.5 Å². The van der Waals surface area contributed by atoms with Crippen molar-refractivity contribution >= 4 is 15.9 Å². The second-order valence-electron chi connectivity index (χ2n) is 4.26. The van der Waals surface area contributed by atoms with Crippen LogP contribution < -0.4 is 5.32 Å². The fourth-order valence-corrected chi connectivity index (χ4v) is 2.64. The second kappa shape index (κ2) is 5.68. The van der Waals surface area contributed by atoms with Crippen LogP contribution in [0.1, 0.15) is 10.6 Å². The van der Waals surface area contributed by atoms with Gasteiger partial charge in [-0.25, -0.2) is 13.4 Å². The van der Waals surface area contributed by atoms with Crippen LogP contribution in [-0.2, 0) is 14.8 Å². The number of imidazole rings is 1. The first-order valence-electron chi connectivity index (χ1n) is 5.81. The van der Waals surface area contributed by atoms with Crippen LogP contribution in [0.5, 0.6) is 0 Å². The second-order valence-corrected chi connectivity index (χ2v) is 6.24. The molecular formula is C10H16N4O4S. The number of carbonyl (C=O) groups is 1. The van der Waals surface area contributed by atoms with Gasteiger partial charge in [0.25, 0.3) is 5.91 Å². The third-order valence-electron chi connectivity index (χ3n) is 2.77. The van der Waals surface area contributed by atoms with Gasteiger partial charge in [-0.05, 0) is 0 Å². The highest BCUT2D eigenvalue weighted by atomic mass is 32.2. The number of hydrogen-bond acceptors (Lipinski definition) is 5. The van der Waals surface area contributed by atoms with Crippen molar-refractivity contribution < 1.29 is 17.9 Å². The molecule has 0 radical (unpaired) electrons. The third kappa shape index (κ3) is 3.75. The molecule has 0 bridgehead atoms. The van der Waals surface area contributed by atoms with E-state index >= 15 is 0 Å². The summed E-state index contributed by atoms with van der Waals surface area (Å²) in [4.78, 5) is 18.1. The summed E-state index contributed by atoms with van der Waals surface area (Å²) in [6.07, 6.45) is 3.86. The molecule has 0 saturated carbocycles. The molecule has 8 nitrogen and oxygen atoms in total. The summed E-state index contributed by atoms with van der Waals surface area (Å²) in [6.45, 7) is 1.17. The molecule has 1 atom stereocenters. The first kappa shape index (κ1) is 14.0. The van der Waals surface area contributed by atoms with Crippen molar-refractivity contribution in [3.63, 3.8) is 0 Å². The maximum absolute atomic E-state index is 11.6. The zero-order chi connectivity index (χ0) is 13.9. The van der Waals surface area contributed by atoms with Crippen LogP contribution in [0.15, 0.2) is 12.4 Å². The van der Waals surface area contributed by atoms with Crippen LogP contribution in [-0.4, -0.2) is 67.2 Å². The van der Waals surface area contributed by atoms with E-state index in [0.717, 1.165) is 6.26 Å². The molecule has 106 valence electrons. The number of nitrogens with zero attached hydrogens (tertiary/aromatic N) is 2. The number of hydrogen-bond donors (Lipinski definition) is 2. The Bertz CT molecular complexity index is 528. The molecule has 0 aliphatic carbocycles. The Kier molecular flexibility index (Phi) is 4.17. The molecule has 19 heavy (non-hydrogen) atoms. The van der Waals surface area contributed by atoms with Crippen LogP contribution in [0.4, 0.5) is 0 Å². The lowest BCUT2D eigenvalue weighted by atomic mass is 10.3. The largest absolute Gasteiger partial charge is 0.374 e. The molecule has 2 N–H and O–H groups in total. The minimum atomic E-state index is -3.22. The summed E-state index contributed by atoms with van der Waals surface area (Å²) < 4.78 is 29.6. The number of amides is 1. The molecule has 0 aromatic carbocycles. The summed E-state index contributed by atoms with van der Waals surface area (Å²) in [5, 5.41) is 2.65. The van der Waals surface area contributed by atoms with Crippen molar-refractivity contribution in [1.82, 2.24) is 19.6 Å². The lowest BCUT2D eigenvalue weighted by Gasteiger charge is -2.31. The molecular weight excluding hydrogens is 272 g/mol. The van der Waals surface area contributed by atoms with Crippen LogP contribution in [0.2, 0.25) is 0 Å². The van der Waals surface area contributed by atoms with Gasteiger partial charge in [0.1, 0.15) is 0 Å². The summed E-state index contributed by atoms with van der Waals surface area (Å²) in [5.74, 6) is -0.124. The quantitative estimate of drug-likeness (QED) is 0.724. The van der Waals surface area contributed by atoms with E-state index in [2.05, 4.69) is 15.3 Å². The molecule has 2 rings (SSSR count). The average molecular weight is 288 g/mol. The van der Waals surface area contributed by atoms with Gasteiger partial charge in [0.05, 0.1) is 19.0 Å². The Morgan fingerprint density at radius 3 is 3.11 bits per heavy atom. The van der Waals surface area contributed by atoms with Gasteiger partial charge in [-0.1, -0.05) is 0 Å². The highest BCUT2D eigenvalue weighted by Gasteiger charge is 2.26. The smallest absolute Gasteiger partial charge is 0.287 e. The first-order chi connectivity index (χ1) is 8.97. The minimum Gasteiger partial charge on any atom is -0.374 e. The van der Waals surface area contributed by atoms with Crippen LogP contribution >= 0.6 is 0 Å². The number of aromatic nitrogens is 2. The molecule has 0 unspecified atom stereocenters. The number of morpholine rings is 1. The van der Waals surface area contributed by atoms with Gasteiger partial charge < -0.3 is 15.0 Å². The summed E-state index contributed by atoms with van der Waals surface area (Å²) in [6, 6.07) is 0. The fourth-order valence-electron chi connectivity index (χ4n) is 1.80. The van der Waals surface area contributed by atoms with E-state index in [9.17, 15) is 13.2 Å². The Labute approximate surface area is 111 Å². The Balaban J connectivity index is 1.85. The normalized spacial score (nSPS) is 21.2. The van der Waals surface area contributed by atoms with Gasteiger partial charge in [0.15, 0.2) is 5.82 Å². The average Bonchev–Trinajstić information content (AvgIpc) is 2.89. The van der Waals surface area contributed by atoms with E-state index in [-0.39, 0.29) is 30.9 Å². The van der Waals surface area contributed by atoms with Gasteiger partial charge in [0, 0.05) is 32.0 Å². The minimum absolute atomic E-state index is 0.218. The number of sulfonamides is 1. The molecule has 1 amide bonds. The number of carbonyl (C=O) groups excluding carboxylic acids is 1. The topological polar surface area (TPSA) is 104 Å². The predicted octanol–water partition coefficient (Wildman–Crippen LogP) is -1.20. The van der Waals surface area contributed by atoms with E-state index in [1.54, 1.807) is 6.20 Å². The van der Waals surface area contributed by atoms with Crippen LogP contribution in [0.3, 0.4) is 0 Å². The van der Waals surface area contributed by atoms with Gasteiger partial charge >= 0.3 is 0 Å². The van der Waals surface area contributed by atoms with Gasteiger partial charge in [-0.3, -0.25) is 4.79 Å². The third-order valence-corrected chi connectivity index (χ3v) is 4.04. The van der Waals surface area contributed by atoms with E-state index in [4.69, 9.17) is 4.74 Å². The SMILES string of the molecule is CS(=O)(=O)N1CCO[C@H](CNC(=O)c2ncc[nH]2)C1. The fraction of sp³-hybridized carbons (Fsp3) is 0.600. The number of aromatic amines is 1. The zero-order valence-corrected chi connectivity index (χ0v) is 11.3. The van der Waals surface area contributed by atoms with Crippen molar-refractivity contribution in [3.8, 4) is 0 Å². The standard InChI is InChI=1S/C10H16N4O4S/c1-19(16,17)14-4-5-18-8(7-14)6-13-10(15)9-11-2-3-12-9/h2-3,8H,4-7H2,1H3,(H,11,12)(H,13,15)/t8-/m1/s1. The van der Waals surface area contributed by atoms with Crippen molar-refractivity contribution in [2.24, 2.45) is 0 Å². The predicted molar refractivity (Wildman–Crippen MR) is 67.1 cm³/mol. The highest BCUT2D eigenvalue weighted by Crippen LogP contribution is 2.08. The molecule has 2 heterocycles. The zero-order valence-electron chi connectivity index (χ0n) is 10.5. The molecule has 1 aliphatic rings. The Hall–Kier alpha value is -1.45. The van der Waals surface area contributed by atoms with Crippen molar-refractivity contribution in [3.05, 3.63) is 18.2 Å².